The maximum atomic E-state index is 3.26. The third-order valence-electron chi connectivity index (χ3n) is 1.64. The first kappa shape index (κ1) is 7.79. The zero-order valence-corrected chi connectivity index (χ0v) is 7.37. The van der Waals surface area contributed by atoms with Gasteiger partial charge in [0.2, 0.25) is 0 Å². The van der Waals surface area contributed by atoms with Crippen LogP contribution in [0.25, 0.3) is 0 Å². The van der Waals surface area contributed by atoms with E-state index in [1.807, 2.05) is 0 Å². The van der Waals surface area contributed by atoms with Gasteiger partial charge in [0.15, 0.2) is 0 Å². The van der Waals surface area contributed by atoms with E-state index in [4.69, 9.17) is 0 Å². The Morgan fingerprint density at radius 2 is 2.30 bits per heavy atom. The SMILES string of the molecule is CCN(CC)C1=CCSN1. The zero-order valence-electron chi connectivity index (χ0n) is 6.55. The molecule has 0 amide bonds. The predicted molar refractivity (Wildman–Crippen MR) is 46.6 cm³/mol. The van der Waals surface area contributed by atoms with Crippen molar-refractivity contribution in [2.45, 2.75) is 13.8 Å². The van der Waals surface area contributed by atoms with E-state index in [1.54, 1.807) is 11.9 Å². The largest absolute Gasteiger partial charge is 0.359 e. The molecule has 0 saturated carbocycles. The Labute approximate surface area is 66.8 Å². The first-order valence-electron chi connectivity index (χ1n) is 3.71. The van der Waals surface area contributed by atoms with Crippen molar-refractivity contribution in [1.29, 1.82) is 0 Å². The molecule has 10 heavy (non-hydrogen) atoms. The summed E-state index contributed by atoms with van der Waals surface area (Å²) in [5.41, 5.74) is 0. The summed E-state index contributed by atoms with van der Waals surface area (Å²) in [7, 11) is 0. The molecule has 0 bridgehead atoms. The van der Waals surface area contributed by atoms with Gasteiger partial charge in [0.25, 0.3) is 0 Å². The molecule has 0 saturated heterocycles. The standard InChI is InChI=1S/C7H14N2S/c1-3-9(4-2)7-5-6-10-8-7/h5,8H,3-4,6H2,1-2H3. The van der Waals surface area contributed by atoms with Crippen LogP contribution in [0.5, 0.6) is 0 Å². The predicted octanol–water partition coefficient (Wildman–Crippen LogP) is 1.42. The Bertz CT molecular complexity index is 130. The van der Waals surface area contributed by atoms with Crippen molar-refractivity contribution in [3.8, 4) is 0 Å². The Hall–Kier alpha value is -0.310. The van der Waals surface area contributed by atoms with Gasteiger partial charge in [0.1, 0.15) is 5.82 Å². The lowest BCUT2D eigenvalue weighted by Crippen LogP contribution is -2.26. The van der Waals surface area contributed by atoms with E-state index < -0.39 is 0 Å². The molecule has 0 atom stereocenters. The van der Waals surface area contributed by atoms with E-state index in [0.717, 1.165) is 18.8 Å². The molecular formula is C7H14N2S. The summed E-state index contributed by atoms with van der Waals surface area (Å²) >= 11 is 1.76. The van der Waals surface area contributed by atoms with Crippen molar-refractivity contribution < 1.29 is 0 Å². The molecule has 1 N–H and O–H groups in total. The van der Waals surface area contributed by atoms with Crippen LogP contribution in [0.1, 0.15) is 13.8 Å². The van der Waals surface area contributed by atoms with Crippen LogP contribution in [0.2, 0.25) is 0 Å². The summed E-state index contributed by atoms with van der Waals surface area (Å²) in [5, 5.41) is 0. The molecule has 1 aliphatic rings. The monoisotopic (exact) mass is 158 g/mol. The molecule has 0 aromatic rings. The number of rotatable bonds is 3. The second-order valence-electron chi connectivity index (χ2n) is 2.17. The third kappa shape index (κ3) is 1.59. The molecule has 0 aliphatic carbocycles. The molecule has 0 spiro atoms. The van der Waals surface area contributed by atoms with Gasteiger partial charge in [0, 0.05) is 18.8 Å². The topological polar surface area (TPSA) is 15.3 Å². The van der Waals surface area contributed by atoms with Crippen molar-refractivity contribution in [3.05, 3.63) is 11.9 Å². The molecule has 1 heterocycles. The van der Waals surface area contributed by atoms with E-state index in [0.29, 0.717) is 0 Å². The summed E-state index contributed by atoms with van der Waals surface area (Å²) < 4.78 is 3.26. The smallest absolute Gasteiger partial charge is 0.108 e. The van der Waals surface area contributed by atoms with Crippen molar-refractivity contribution >= 4 is 11.9 Å². The lowest BCUT2D eigenvalue weighted by molar-refractivity contribution is 0.372. The van der Waals surface area contributed by atoms with Gasteiger partial charge in [-0.15, -0.1) is 0 Å². The summed E-state index contributed by atoms with van der Waals surface area (Å²) in [6.45, 7) is 6.54. The fourth-order valence-corrected chi connectivity index (χ4v) is 1.72. The van der Waals surface area contributed by atoms with Crippen molar-refractivity contribution in [3.63, 3.8) is 0 Å². The molecular weight excluding hydrogens is 144 g/mol. The Kier molecular flexibility index (Phi) is 2.93. The lowest BCUT2D eigenvalue weighted by Gasteiger charge is -2.21. The summed E-state index contributed by atoms with van der Waals surface area (Å²) in [4.78, 5) is 2.32. The Balaban J connectivity index is 2.44. The number of nitrogens with zero attached hydrogens (tertiary/aromatic N) is 1. The van der Waals surface area contributed by atoms with Crippen LogP contribution in [-0.4, -0.2) is 23.7 Å². The van der Waals surface area contributed by atoms with Crippen LogP contribution >= 0.6 is 11.9 Å². The second kappa shape index (κ2) is 3.76. The van der Waals surface area contributed by atoms with Gasteiger partial charge in [0.05, 0.1) is 0 Å². The first-order chi connectivity index (χ1) is 4.88. The fraction of sp³-hybridized carbons (Fsp3) is 0.714. The molecule has 58 valence electrons. The first-order valence-corrected chi connectivity index (χ1v) is 4.70. The Morgan fingerprint density at radius 1 is 1.60 bits per heavy atom. The molecule has 0 unspecified atom stereocenters. The number of nitrogens with one attached hydrogen (secondary N) is 1. The highest BCUT2D eigenvalue weighted by molar-refractivity contribution is 7.97. The minimum Gasteiger partial charge on any atom is -0.359 e. The third-order valence-corrected chi connectivity index (χ3v) is 2.33. The molecule has 1 rings (SSSR count). The zero-order chi connectivity index (χ0) is 7.40. The molecule has 1 aliphatic heterocycles. The lowest BCUT2D eigenvalue weighted by atomic mass is 10.5. The van der Waals surface area contributed by atoms with Crippen molar-refractivity contribution in [2.75, 3.05) is 18.8 Å². The van der Waals surface area contributed by atoms with Crippen LogP contribution in [0.3, 0.4) is 0 Å². The second-order valence-corrected chi connectivity index (χ2v) is 3.00. The van der Waals surface area contributed by atoms with Crippen LogP contribution in [0.4, 0.5) is 0 Å². The maximum Gasteiger partial charge on any atom is 0.108 e. The quantitative estimate of drug-likeness (QED) is 0.625. The van der Waals surface area contributed by atoms with Crippen LogP contribution in [-0.2, 0) is 0 Å². The van der Waals surface area contributed by atoms with E-state index in [9.17, 15) is 0 Å². The van der Waals surface area contributed by atoms with E-state index >= 15 is 0 Å². The molecule has 3 heteroatoms. The van der Waals surface area contributed by atoms with Crippen LogP contribution in [0.15, 0.2) is 11.9 Å². The molecule has 0 radical (unpaired) electrons. The average molecular weight is 158 g/mol. The summed E-state index contributed by atoms with van der Waals surface area (Å²) in [6, 6.07) is 0. The van der Waals surface area contributed by atoms with Gasteiger partial charge in [-0.25, -0.2) is 0 Å². The van der Waals surface area contributed by atoms with E-state index in [2.05, 4.69) is 29.5 Å². The van der Waals surface area contributed by atoms with E-state index in [1.165, 1.54) is 5.82 Å². The van der Waals surface area contributed by atoms with Crippen molar-refractivity contribution in [2.24, 2.45) is 0 Å². The van der Waals surface area contributed by atoms with E-state index in [-0.39, 0.29) is 0 Å². The average Bonchev–Trinajstić information content (AvgIpc) is 2.43. The highest BCUT2D eigenvalue weighted by Gasteiger charge is 2.08. The van der Waals surface area contributed by atoms with Gasteiger partial charge in [-0.2, -0.15) is 0 Å². The molecule has 0 aromatic carbocycles. The van der Waals surface area contributed by atoms with Crippen molar-refractivity contribution in [1.82, 2.24) is 9.62 Å². The highest BCUT2D eigenvalue weighted by Crippen LogP contribution is 2.12. The fourth-order valence-electron chi connectivity index (χ4n) is 1.04. The normalized spacial score (nSPS) is 16.4. The van der Waals surface area contributed by atoms with Gasteiger partial charge in [-0.05, 0) is 31.9 Å². The minimum absolute atomic E-state index is 1.09. The molecule has 2 nitrogen and oxygen atoms in total. The van der Waals surface area contributed by atoms with Gasteiger partial charge in [-0.3, -0.25) is 0 Å². The number of hydrogen-bond donors (Lipinski definition) is 1. The van der Waals surface area contributed by atoms with Gasteiger partial charge in [-0.1, -0.05) is 0 Å². The minimum atomic E-state index is 1.09. The Morgan fingerprint density at radius 3 is 2.70 bits per heavy atom. The van der Waals surface area contributed by atoms with Crippen LogP contribution < -0.4 is 4.72 Å². The molecule has 0 fully saturated rings. The number of hydrogen-bond acceptors (Lipinski definition) is 3. The van der Waals surface area contributed by atoms with Crippen LogP contribution in [0, 0.1) is 0 Å². The summed E-state index contributed by atoms with van der Waals surface area (Å²) in [5.74, 6) is 2.39. The van der Waals surface area contributed by atoms with Gasteiger partial charge >= 0.3 is 0 Å². The molecule has 0 aromatic heterocycles. The highest BCUT2D eigenvalue weighted by atomic mass is 32.2. The van der Waals surface area contributed by atoms with Gasteiger partial charge < -0.3 is 9.62 Å². The maximum absolute atomic E-state index is 3.26. The summed E-state index contributed by atoms with van der Waals surface area (Å²) in [6.07, 6.45) is 2.23.